The van der Waals surface area contributed by atoms with Gasteiger partial charge in [-0.05, 0) is 43.5 Å². The Bertz CT molecular complexity index is 374. The van der Waals surface area contributed by atoms with E-state index in [0.717, 1.165) is 6.42 Å². The molecular weight excluding hydrogens is 251 g/mol. The van der Waals surface area contributed by atoms with E-state index in [4.69, 9.17) is 11.6 Å². The molecule has 1 saturated heterocycles. The molecule has 0 saturated carbocycles. The van der Waals surface area contributed by atoms with Crippen LogP contribution in [0.4, 0.5) is 18.9 Å². The molecule has 1 nitrogen and oxygen atoms in total. The quantitative estimate of drug-likeness (QED) is 0.732. The van der Waals surface area contributed by atoms with Gasteiger partial charge in [0.05, 0.1) is 0 Å². The summed E-state index contributed by atoms with van der Waals surface area (Å²) >= 11 is 5.74. The second-order valence-electron chi connectivity index (χ2n) is 4.22. The highest BCUT2D eigenvalue weighted by Gasteiger charge is 2.44. The molecule has 0 aliphatic carbocycles. The van der Waals surface area contributed by atoms with E-state index in [1.807, 2.05) is 0 Å². The third-order valence-electron chi connectivity index (χ3n) is 3.04. The summed E-state index contributed by atoms with van der Waals surface area (Å²) in [5.74, 6) is 0. The van der Waals surface area contributed by atoms with Crippen molar-refractivity contribution in [3.63, 3.8) is 0 Å². The number of alkyl halides is 3. The Hall–Kier alpha value is -0.900. The lowest BCUT2D eigenvalue weighted by molar-refractivity contribution is -0.152. The van der Waals surface area contributed by atoms with Gasteiger partial charge < -0.3 is 4.90 Å². The van der Waals surface area contributed by atoms with E-state index in [2.05, 4.69) is 0 Å². The van der Waals surface area contributed by atoms with E-state index < -0.39 is 12.2 Å². The van der Waals surface area contributed by atoms with Gasteiger partial charge in [0.15, 0.2) is 0 Å². The predicted octanol–water partition coefficient (Wildman–Crippen LogP) is 4.26. The second-order valence-corrected chi connectivity index (χ2v) is 4.66. The molecule has 17 heavy (non-hydrogen) atoms. The molecule has 0 N–H and O–H groups in total. The highest BCUT2D eigenvalue weighted by atomic mass is 35.5. The Balaban J connectivity index is 2.25. The standard InChI is InChI=1S/C12H13ClF3N/c13-9-4-6-10(7-5-9)17-8-2-1-3-11(17)12(14,15)16/h4-7,11H,1-3,8H2. The molecule has 1 fully saturated rings. The fourth-order valence-corrected chi connectivity index (χ4v) is 2.34. The monoisotopic (exact) mass is 263 g/mol. The zero-order valence-electron chi connectivity index (χ0n) is 9.17. The highest BCUT2D eigenvalue weighted by molar-refractivity contribution is 6.30. The van der Waals surface area contributed by atoms with E-state index in [9.17, 15) is 13.2 Å². The average Bonchev–Trinajstić information content (AvgIpc) is 2.29. The van der Waals surface area contributed by atoms with Crippen LogP contribution in [0.15, 0.2) is 24.3 Å². The van der Waals surface area contributed by atoms with Crippen LogP contribution in [-0.4, -0.2) is 18.8 Å². The second kappa shape index (κ2) is 4.77. The molecule has 94 valence electrons. The Morgan fingerprint density at radius 1 is 1.12 bits per heavy atom. The lowest BCUT2D eigenvalue weighted by Gasteiger charge is -2.38. The molecular formula is C12H13ClF3N. The van der Waals surface area contributed by atoms with E-state index in [1.54, 1.807) is 24.3 Å². The van der Waals surface area contributed by atoms with Crippen LogP contribution in [0.5, 0.6) is 0 Å². The van der Waals surface area contributed by atoms with Crippen molar-refractivity contribution in [3.8, 4) is 0 Å². The Labute approximate surface area is 103 Å². The van der Waals surface area contributed by atoms with E-state index >= 15 is 0 Å². The molecule has 1 aliphatic heterocycles. The van der Waals surface area contributed by atoms with Crippen LogP contribution in [0.2, 0.25) is 5.02 Å². The molecule has 1 unspecified atom stereocenters. The first-order valence-electron chi connectivity index (χ1n) is 5.57. The summed E-state index contributed by atoms with van der Waals surface area (Å²) in [7, 11) is 0. The maximum Gasteiger partial charge on any atom is 0.408 e. The summed E-state index contributed by atoms with van der Waals surface area (Å²) in [6.07, 6.45) is -2.56. The van der Waals surface area contributed by atoms with E-state index in [1.165, 1.54) is 4.90 Å². The molecule has 1 atom stereocenters. The van der Waals surface area contributed by atoms with Gasteiger partial charge in [-0.2, -0.15) is 13.2 Å². The van der Waals surface area contributed by atoms with Crippen molar-refractivity contribution in [2.45, 2.75) is 31.5 Å². The molecule has 1 heterocycles. The summed E-state index contributed by atoms with van der Waals surface area (Å²) in [5.41, 5.74) is 0.594. The van der Waals surface area contributed by atoms with E-state index in [-0.39, 0.29) is 6.42 Å². The topological polar surface area (TPSA) is 3.24 Å². The van der Waals surface area contributed by atoms with Crippen molar-refractivity contribution < 1.29 is 13.2 Å². The lowest BCUT2D eigenvalue weighted by Crippen LogP contribution is -2.48. The number of nitrogens with zero attached hydrogens (tertiary/aromatic N) is 1. The molecule has 1 aliphatic rings. The van der Waals surface area contributed by atoms with Gasteiger partial charge in [0.1, 0.15) is 6.04 Å². The van der Waals surface area contributed by atoms with Crippen LogP contribution in [0.25, 0.3) is 0 Å². The first-order chi connectivity index (χ1) is 7.98. The van der Waals surface area contributed by atoms with Crippen molar-refractivity contribution in [2.24, 2.45) is 0 Å². The Morgan fingerprint density at radius 2 is 1.76 bits per heavy atom. The molecule has 0 amide bonds. The van der Waals surface area contributed by atoms with Gasteiger partial charge >= 0.3 is 6.18 Å². The summed E-state index contributed by atoms with van der Waals surface area (Å²) in [4.78, 5) is 1.43. The van der Waals surface area contributed by atoms with Crippen molar-refractivity contribution in [2.75, 3.05) is 11.4 Å². The fourth-order valence-electron chi connectivity index (χ4n) is 2.21. The third kappa shape index (κ3) is 2.86. The largest absolute Gasteiger partial charge is 0.408 e. The van der Waals surface area contributed by atoms with Gasteiger partial charge in [-0.25, -0.2) is 0 Å². The third-order valence-corrected chi connectivity index (χ3v) is 3.29. The van der Waals surface area contributed by atoms with E-state index in [0.29, 0.717) is 23.7 Å². The van der Waals surface area contributed by atoms with Crippen LogP contribution >= 0.6 is 11.6 Å². The smallest absolute Gasteiger partial charge is 0.360 e. The van der Waals surface area contributed by atoms with Gasteiger partial charge in [0.2, 0.25) is 0 Å². The Kier molecular flexibility index (Phi) is 3.52. The molecule has 5 heteroatoms. The summed E-state index contributed by atoms with van der Waals surface area (Å²) in [6.45, 7) is 0.450. The minimum Gasteiger partial charge on any atom is -0.360 e. The highest BCUT2D eigenvalue weighted by Crippen LogP contribution is 2.35. The number of hydrogen-bond acceptors (Lipinski definition) is 1. The number of hydrogen-bond donors (Lipinski definition) is 0. The van der Waals surface area contributed by atoms with Crippen molar-refractivity contribution >= 4 is 17.3 Å². The normalized spacial score (nSPS) is 21.6. The van der Waals surface area contributed by atoms with Gasteiger partial charge in [-0.3, -0.25) is 0 Å². The number of rotatable bonds is 1. The summed E-state index contributed by atoms with van der Waals surface area (Å²) in [5, 5.41) is 0.536. The van der Waals surface area contributed by atoms with Crippen LogP contribution < -0.4 is 4.90 Å². The van der Waals surface area contributed by atoms with Crippen molar-refractivity contribution in [3.05, 3.63) is 29.3 Å². The van der Waals surface area contributed by atoms with Crippen LogP contribution in [0.3, 0.4) is 0 Å². The van der Waals surface area contributed by atoms with Gasteiger partial charge in [0.25, 0.3) is 0 Å². The molecule has 2 rings (SSSR count). The molecule has 0 radical (unpaired) electrons. The molecule has 1 aromatic rings. The minimum atomic E-state index is -4.17. The van der Waals surface area contributed by atoms with Crippen LogP contribution in [0, 0.1) is 0 Å². The maximum atomic E-state index is 12.9. The van der Waals surface area contributed by atoms with Crippen molar-refractivity contribution in [1.82, 2.24) is 0 Å². The average molecular weight is 264 g/mol. The molecule has 0 spiro atoms. The summed E-state index contributed by atoms with van der Waals surface area (Å²) < 4.78 is 38.7. The first kappa shape index (κ1) is 12.6. The maximum absolute atomic E-state index is 12.9. The number of piperidine rings is 1. The van der Waals surface area contributed by atoms with Crippen LogP contribution in [-0.2, 0) is 0 Å². The predicted molar refractivity (Wildman–Crippen MR) is 62.5 cm³/mol. The first-order valence-corrected chi connectivity index (χ1v) is 5.95. The number of benzene rings is 1. The number of anilines is 1. The lowest BCUT2D eigenvalue weighted by atomic mass is 10.0. The van der Waals surface area contributed by atoms with Gasteiger partial charge in [-0.15, -0.1) is 0 Å². The SMILES string of the molecule is FC(F)(F)C1CCCCN1c1ccc(Cl)cc1. The molecule has 0 bridgehead atoms. The zero-order chi connectivity index (χ0) is 12.5. The summed E-state index contributed by atoms with van der Waals surface area (Å²) in [6, 6.07) is 5.17. The minimum absolute atomic E-state index is 0.173. The number of halogens is 4. The van der Waals surface area contributed by atoms with Crippen LogP contribution in [0.1, 0.15) is 19.3 Å². The van der Waals surface area contributed by atoms with Gasteiger partial charge in [0, 0.05) is 17.3 Å². The molecule has 0 aromatic heterocycles. The fraction of sp³-hybridized carbons (Fsp3) is 0.500. The zero-order valence-corrected chi connectivity index (χ0v) is 9.93. The molecule has 1 aromatic carbocycles. The van der Waals surface area contributed by atoms with Gasteiger partial charge in [-0.1, -0.05) is 11.6 Å². The Morgan fingerprint density at radius 3 is 2.35 bits per heavy atom. The van der Waals surface area contributed by atoms with Crippen molar-refractivity contribution in [1.29, 1.82) is 0 Å².